The first-order chi connectivity index (χ1) is 16.0. The normalized spacial score (nSPS) is 11.4. The van der Waals surface area contributed by atoms with Gasteiger partial charge < -0.3 is 4.74 Å². The van der Waals surface area contributed by atoms with Crippen LogP contribution in [0.25, 0.3) is 22.4 Å². The van der Waals surface area contributed by atoms with Gasteiger partial charge in [-0.2, -0.15) is 0 Å². The number of hydrogen-bond acceptors (Lipinski definition) is 7. The number of ether oxygens (including phenoxy) is 1. The van der Waals surface area contributed by atoms with Crippen LogP contribution in [0.4, 0.5) is 0 Å². The highest BCUT2D eigenvalue weighted by Gasteiger charge is 2.21. The smallest absolute Gasteiger partial charge is 0.267 e. The second-order valence-electron chi connectivity index (χ2n) is 7.57. The molecule has 0 saturated heterocycles. The Labute approximate surface area is 197 Å². The molecule has 0 saturated carbocycles. The predicted octanol–water partition coefficient (Wildman–Crippen LogP) is 4.70. The van der Waals surface area contributed by atoms with Gasteiger partial charge in [-0.15, -0.1) is 21.5 Å². The van der Waals surface area contributed by atoms with Crippen molar-refractivity contribution in [3.8, 4) is 11.4 Å². The van der Waals surface area contributed by atoms with E-state index in [0.717, 1.165) is 15.3 Å². The van der Waals surface area contributed by atoms with E-state index in [-0.39, 0.29) is 17.1 Å². The lowest BCUT2D eigenvalue weighted by Gasteiger charge is -2.14. The molecule has 0 spiro atoms. The van der Waals surface area contributed by atoms with Gasteiger partial charge in [-0.05, 0) is 55.8 Å². The molecule has 0 radical (unpaired) electrons. The Kier molecular flexibility index (Phi) is 5.51. The third kappa shape index (κ3) is 3.73. The van der Waals surface area contributed by atoms with Crippen molar-refractivity contribution in [3.63, 3.8) is 0 Å². The van der Waals surface area contributed by atoms with Gasteiger partial charge in [-0.1, -0.05) is 30.0 Å². The van der Waals surface area contributed by atoms with Gasteiger partial charge in [0.15, 0.2) is 10.9 Å². The minimum atomic E-state index is -0.212. The van der Waals surface area contributed by atoms with E-state index in [1.807, 2.05) is 66.8 Å². The largest absolute Gasteiger partial charge is 0.495 e. The number of para-hydroxylation sites is 1. The lowest BCUT2D eigenvalue weighted by Crippen LogP contribution is -2.22. The zero-order valence-electron chi connectivity index (χ0n) is 18.2. The van der Waals surface area contributed by atoms with Gasteiger partial charge in [0.1, 0.15) is 5.75 Å². The lowest BCUT2D eigenvalue weighted by atomic mass is 10.2. The maximum atomic E-state index is 13.6. The van der Waals surface area contributed by atoms with E-state index in [4.69, 9.17) is 4.74 Å². The number of aryl methyl sites for hydroxylation is 2. The van der Waals surface area contributed by atoms with Crippen LogP contribution in [-0.2, 0) is 0 Å². The molecular weight excluding hydrogens is 456 g/mol. The maximum Gasteiger partial charge on any atom is 0.267 e. The summed E-state index contributed by atoms with van der Waals surface area (Å²) >= 11 is 2.79. The molecule has 0 fully saturated rings. The van der Waals surface area contributed by atoms with E-state index < -0.39 is 0 Å². The van der Waals surface area contributed by atoms with E-state index >= 15 is 0 Å². The number of rotatable bonds is 6. The van der Waals surface area contributed by atoms with Crippen LogP contribution in [0, 0.1) is 13.8 Å². The second kappa shape index (κ2) is 8.49. The number of carbonyl (C=O) groups is 1. The number of aromatic nitrogens is 4. The van der Waals surface area contributed by atoms with Crippen LogP contribution in [0.5, 0.6) is 5.75 Å². The number of thioether (sulfide) groups is 1. The number of thiophene rings is 1. The van der Waals surface area contributed by atoms with Crippen LogP contribution in [0.2, 0.25) is 0 Å². The molecule has 0 amide bonds. The van der Waals surface area contributed by atoms with Crippen molar-refractivity contribution in [1.82, 2.24) is 19.2 Å². The number of hydrogen-bond donors (Lipinski definition) is 0. The molecule has 0 N–H and O–H groups in total. The lowest BCUT2D eigenvalue weighted by molar-refractivity contribution is 0.102. The molecule has 0 aliphatic heterocycles. The fraction of sp³-hybridized carbons (Fsp3) is 0.167. The highest BCUT2D eigenvalue weighted by molar-refractivity contribution is 7.99. The summed E-state index contributed by atoms with van der Waals surface area (Å²) in [5.41, 5.74) is 2.05. The maximum absolute atomic E-state index is 13.6. The minimum Gasteiger partial charge on any atom is -0.495 e. The highest BCUT2D eigenvalue weighted by Crippen LogP contribution is 2.28. The van der Waals surface area contributed by atoms with E-state index in [2.05, 4.69) is 10.2 Å². The summed E-state index contributed by atoms with van der Waals surface area (Å²) in [7, 11) is 1.57. The Morgan fingerprint density at radius 2 is 1.91 bits per heavy atom. The molecule has 9 heteroatoms. The van der Waals surface area contributed by atoms with Crippen LogP contribution in [0.3, 0.4) is 0 Å². The summed E-state index contributed by atoms with van der Waals surface area (Å²) in [5.74, 6) is 1.18. The van der Waals surface area contributed by atoms with E-state index in [0.29, 0.717) is 33.3 Å². The Morgan fingerprint density at radius 1 is 1.09 bits per heavy atom. The number of Topliss-reactive ketones (excluding diaryl/α,β-unsaturated/α-hetero) is 1. The van der Waals surface area contributed by atoms with Crippen molar-refractivity contribution in [2.45, 2.75) is 19.0 Å². The molecule has 3 heterocycles. The second-order valence-corrected chi connectivity index (χ2v) is 9.80. The van der Waals surface area contributed by atoms with E-state index in [1.165, 1.54) is 27.7 Å². The highest BCUT2D eigenvalue weighted by atomic mass is 32.2. The monoisotopic (exact) mass is 476 g/mol. The number of carbonyl (C=O) groups excluding carboxylic acids is 1. The molecule has 0 unspecified atom stereocenters. The number of fused-ring (bicyclic) bond motifs is 3. The summed E-state index contributed by atoms with van der Waals surface area (Å²) in [6, 6.07) is 16.8. The van der Waals surface area contributed by atoms with Gasteiger partial charge in [0.05, 0.1) is 34.3 Å². The molecule has 33 heavy (non-hydrogen) atoms. The number of ketones is 1. The van der Waals surface area contributed by atoms with Crippen LogP contribution in [0.15, 0.2) is 64.5 Å². The number of methoxy groups -OCH3 is 1. The molecule has 5 rings (SSSR count). The van der Waals surface area contributed by atoms with Crippen molar-refractivity contribution in [2.24, 2.45) is 0 Å². The molecule has 7 nitrogen and oxygen atoms in total. The van der Waals surface area contributed by atoms with Crippen molar-refractivity contribution in [3.05, 3.63) is 80.3 Å². The molecular formula is C24H20N4O3S2. The Balaban J connectivity index is 1.69. The molecule has 0 aliphatic carbocycles. The van der Waals surface area contributed by atoms with Gasteiger partial charge >= 0.3 is 0 Å². The van der Waals surface area contributed by atoms with Gasteiger partial charge in [0.2, 0.25) is 5.78 Å². The molecule has 3 aromatic heterocycles. The topological polar surface area (TPSA) is 78.5 Å². The molecule has 166 valence electrons. The quantitative estimate of drug-likeness (QED) is 0.261. The van der Waals surface area contributed by atoms with Gasteiger partial charge in [0.25, 0.3) is 5.56 Å². The van der Waals surface area contributed by atoms with Crippen molar-refractivity contribution < 1.29 is 9.53 Å². The molecule has 0 aliphatic rings. The molecule has 2 aromatic carbocycles. The average molecular weight is 477 g/mol. The fourth-order valence-electron chi connectivity index (χ4n) is 3.75. The molecule has 0 bridgehead atoms. The van der Waals surface area contributed by atoms with E-state index in [1.54, 1.807) is 13.2 Å². The third-order valence-corrected chi connectivity index (χ3v) is 7.29. The third-order valence-electron chi connectivity index (χ3n) is 5.32. The minimum absolute atomic E-state index is 0.0350. The number of nitrogens with zero attached hydrogens (tertiary/aromatic N) is 4. The van der Waals surface area contributed by atoms with Crippen molar-refractivity contribution in [2.75, 3.05) is 12.9 Å². The summed E-state index contributed by atoms with van der Waals surface area (Å²) in [4.78, 5) is 28.0. The predicted molar refractivity (Wildman–Crippen MR) is 131 cm³/mol. The molecule has 0 atom stereocenters. The first-order valence-electron chi connectivity index (χ1n) is 10.2. The SMILES string of the molecule is COc1ccc(C)cc1-n1c(=O)c2ccccc2n2c(SCC(=O)c3ccc(C)s3)nnc12. The van der Waals surface area contributed by atoms with E-state index in [9.17, 15) is 9.59 Å². The Morgan fingerprint density at radius 3 is 2.67 bits per heavy atom. The van der Waals surface area contributed by atoms with Crippen LogP contribution < -0.4 is 10.3 Å². The summed E-state index contributed by atoms with van der Waals surface area (Å²) in [5, 5.41) is 9.77. The van der Waals surface area contributed by atoms with Crippen molar-refractivity contribution in [1.29, 1.82) is 0 Å². The average Bonchev–Trinajstić information content (AvgIpc) is 3.44. The van der Waals surface area contributed by atoms with Crippen LogP contribution in [-0.4, -0.2) is 37.8 Å². The van der Waals surface area contributed by atoms with Gasteiger partial charge in [0, 0.05) is 4.88 Å². The standard InChI is InChI=1S/C24H20N4O3S2/c1-14-8-10-20(31-3)18(12-14)27-22(30)16-6-4-5-7-17(16)28-23(27)25-26-24(28)32-13-19(29)21-11-9-15(2)33-21/h4-12H,13H2,1-3H3. The number of benzene rings is 2. The van der Waals surface area contributed by atoms with Gasteiger partial charge in [-0.3, -0.25) is 14.0 Å². The first-order valence-corrected chi connectivity index (χ1v) is 12.0. The van der Waals surface area contributed by atoms with Crippen molar-refractivity contribution >= 4 is 45.6 Å². The zero-order chi connectivity index (χ0) is 23.1. The summed E-state index contributed by atoms with van der Waals surface area (Å²) in [6.07, 6.45) is 0. The Hall–Kier alpha value is -3.43. The van der Waals surface area contributed by atoms with Crippen LogP contribution >= 0.6 is 23.1 Å². The zero-order valence-corrected chi connectivity index (χ0v) is 19.9. The summed E-state index contributed by atoms with van der Waals surface area (Å²) in [6.45, 7) is 3.93. The summed E-state index contributed by atoms with van der Waals surface area (Å²) < 4.78 is 8.89. The van der Waals surface area contributed by atoms with Crippen LogP contribution in [0.1, 0.15) is 20.1 Å². The molecule has 5 aromatic rings. The fourth-order valence-corrected chi connectivity index (χ4v) is 5.47. The Bertz CT molecular complexity index is 1580. The van der Waals surface area contributed by atoms with Gasteiger partial charge in [-0.25, -0.2) is 4.57 Å². The first kappa shape index (κ1) is 21.4.